The Labute approximate surface area is 221 Å². The number of nitrogens with two attached hydrogens (primary N) is 1. The zero-order valence-electron chi connectivity index (χ0n) is 19.5. The summed E-state index contributed by atoms with van der Waals surface area (Å²) >= 11 is 1.03. The van der Waals surface area contributed by atoms with Crippen molar-refractivity contribution in [2.45, 2.75) is 18.5 Å². The highest BCUT2D eigenvalue weighted by atomic mass is 32.1. The molecule has 196 valence electrons. The van der Waals surface area contributed by atoms with Gasteiger partial charge in [0.15, 0.2) is 22.3 Å². The number of carboxylic acids is 1. The summed E-state index contributed by atoms with van der Waals surface area (Å²) < 4.78 is 5.69. The zero-order chi connectivity index (χ0) is 27.1. The number of oxime groups is 1. The van der Waals surface area contributed by atoms with Crippen molar-refractivity contribution in [1.29, 1.82) is 0 Å². The number of carboxylic acid groups (broad SMARTS) is 1. The van der Waals surface area contributed by atoms with Crippen LogP contribution in [0.25, 0.3) is 0 Å². The fourth-order valence-corrected chi connectivity index (χ4v) is 5.43. The molecule has 1 aromatic heterocycles. The molecule has 3 aliphatic heterocycles. The molecule has 3 amide bonds. The van der Waals surface area contributed by atoms with Crippen molar-refractivity contribution in [3.05, 3.63) is 58.4 Å². The summed E-state index contributed by atoms with van der Waals surface area (Å²) in [5, 5.41) is 27.0. The van der Waals surface area contributed by atoms with Crippen LogP contribution in [0.1, 0.15) is 12.1 Å². The van der Waals surface area contributed by atoms with Crippen LogP contribution in [-0.4, -0.2) is 74.8 Å². The molecule has 2 saturated heterocycles. The van der Waals surface area contributed by atoms with E-state index in [1.54, 1.807) is 4.90 Å². The first-order valence-corrected chi connectivity index (χ1v) is 12.7. The van der Waals surface area contributed by atoms with Crippen molar-refractivity contribution in [2.24, 2.45) is 5.16 Å². The molecule has 3 unspecified atom stereocenters. The fraction of sp³-hybridized carbons (Fsp3) is 0.217. The Hall–Kier alpha value is -4.29. The van der Waals surface area contributed by atoms with E-state index in [0.29, 0.717) is 18.5 Å². The minimum atomic E-state index is -1.42. The summed E-state index contributed by atoms with van der Waals surface area (Å²) in [5.74, 6) is -3.41. The van der Waals surface area contributed by atoms with Crippen LogP contribution in [0.3, 0.4) is 0 Å². The van der Waals surface area contributed by atoms with Crippen LogP contribution in [0.2, 0.25) is 0 Å². The van der Waals surface area contributed by atoms with Gasteiger partial charge in [0.25, 0.3) is 17.7 Å². The monoisotopic (exact) mass is 556 g/mol. The van der Waals surface area contributed by atoms with Crippen molar-refractivity contribution >= 4 is 66.1 Å². The van der Waals surface area contributed by atoms with Gasteiger partial charge >= 0.3 is 5.97 Å². The number of carbonyl (C=O) groups excluding carboxylic acids is 3. The number of anilines is 2. The largest absolute Gasteiger partial charge is 0.489 e. The minimum absolute atomic E-state index is 0.0237. The molecule has 0 saturated carbocycles. The van der Waals surface area contributed by atoms with Crippen LogP contribution in [0.5, 0.6) is 0 Å². The standard InChI is InChI=1S/C23H21N6O7PS/c24-23-25-11(9-38-23)16(27-35)19(30)26-17-13-8-36-14(18(22(33)34)29(13)21(17)32)7-10-5-6-28(20(10)31)12-3-1-2-4-15(12)37/h1-4,7,9,13,17,35H,5-6,8,37H2,(H2,24,25)(H,26,30)(H,33,34)/b10-7+,27-16-. The summed E-state index contributed by atoms with van der Waals surface area (Å²) in [6.07, 6.45) is 1.72. The normalized spacial score (nSPS) is 22.3. The molecule has 0 spiro atoms. The molecular weight excluding hydrogens is 535 g/mol. The lowest BCUT2D eigenvalue weighted by molar-refractivity contribution is -0.159. The number of ether oxygens (including phenoxy) is 1. The SMILES string of the molecule is Nc1nc(/C(=N/O)C(=O)NC2C(=O)N3C(C(=O)O)=C(/C=C4\CCN(c5ccccc5P)C4=O)OCC23)cs1. The van der Waals surface area contributed by atoms with E-state index in [2.05, 4.69) is 24.7 Å². The number of carbonyl (C=O) groups is 4. The number of amides is 3. The molecule has 2 fully saturated rings. The van der Waals surface area contributed by atoms with E-state index >= 15 is 0 Å². The summed E-state index contributed by atoms with van der Waals surface area (Å²) in [4.78, 5) is 57.3. The maximum absolute atomic E-state index is 13.1. The molecule has 1 aromatic carbocycles. The van der Waals surface area contributed by atoms with Gasteiger partial charge in [0, 0.05) is 17.5 Å². The van der Waals surface area contributed by atoms with Gasteiger partial charge in [0.2, 0.25) is 0 Å². The molecule has 13 nitrogen and oxygen atoms in total. The van der Waals surface area contributed by atoms with Gasteiger partial charge in [0.1, 0.15) is 24.4 Å². The number of benzene rings is 1. The number of β-lactam (4-membered cyclic amide) rings is 1. The van der Waals surface area contributed by atoms with Gasteiger partial charge in [-0.1, -0.05) is 23.4 Å². The first-order valence-electron chi connectivity index (χ1n) is 11.3. The van der Waals surface area contributed by atoms with E-state index < -0.39 is 41.3 Å². The predicted octanol–water partition coefficient (Wildman–Crippen LogP) is -0.211. The van der Waals surface area contributed by atoms with Crippen molar-refractivity contribution in [3.63, 3.8) is 0 Å². The lowest BCUT2D eigenvalue weighted by Crippen LogP contribution is -2.73. The first kappa shape index (κ1) is 25.4. The number of nitrogen functional groups attached to an aromatic ring is 1. The molecule has 38 heavy (non-hydrogen) atoms. The van der Waals surface area contributed by atoms with E-state index in [1.165, 1.54) is 11.5 Å². The van der Waals surface area contributed by atoms with Crippen LogP contribution in [0.4, 0.5) is 10.8 Å². The van der Waals surface area contributed by atoms with Crippen LogP contribution >= 0.6 is 20.6 Å². The van der Waals surface area contributed by atoms with Gasteiger partial charge in [-0.05, 0) is 23.9 Å². The molecule has 15 heteroatoms. The first-order chi connectivity index (χ1) is 18.2. The molecular formula is C23H21N6O7PS. The third-order valence-electron chi connectivity index (χ3n) is 6.33. The Bertz CT molecular complexity index is 1470. The van der Waals surface area contributed by atoms with E-state index in [1.807, 2.05) is 24.3 Å². The second-order valence-electron chi connectivity index (χ2n) is 8.51. The second kappa shape index (κ2) is 9.88. The number of nitrogens with one attached hydrogen (secondary N) is 1. The quantitative estimate of drug-likeness (QED) is 0.0932. The second-order valence-corrected chi connectivity index (χ2v) is 10.0. The third-order valence-corrected chi connectivity index (χ3v) is 7.49. The molecule has 5 rings (SSSR count). The van der Waals surface area contributed by atoms with E-state index in [4.69, 9.17) is 10.5 Å². The Kier molecular flexibility index (Phi) is 6.59. The fourth-order valence-electron chi connectivity index (χ4n) is 4.52. The van der Waals surface area contributed by atoms with Crippen molar-refractivity contribution in [3.8, 4) is 0 Å². The number of aliphatic carboxylic acids is 1. The third kappa shape index (κ3) is 4.27. The maximum atomic E-state index is 13.1. The number of fused-ring (bicyclic) bond motifs is 1. The van der Waals surface area contributed by atoms with Gasteiger partial charge in [-0.2, -0.15) is 0 Å². The highest BCUT2D eigenvalue weighted by Gasteiger charge is 2.55. The molecule has 3 aliphatic rings. The number of hydrogen-bond acceptors (Lipinski definition) is 10. The molecule has 2 aromatic rings. The van der Waals surface area contributed by atoms with Crippen LogP contribution in [0, 0.1) is 0 Å². The average molecular weight is 556 g/mol. The van der Waals surface area contributed by atoms with Crippen molar-refractivity contribution < 1.29 is 34.2 Å². The number of aromatic nitrogens is 1. The summed E-state index contributed by atoms with van der Waals surface area (Å²) in [6, 6.07) is 5.40. The molecule has 4 heterocycles. The number of para-hydroxylation sites is 1. The molecule has 0 radical (unpaired) electrons. The average Bonchev–Trinajstić information content (AvgIpc) is 3.48. The Morgan fingerprint density at radius 3 is 2.74 bits per heavy atom. The Morgan fingerprint density at radius 1 is 1.32 bits per heavy atom. The molecule has 5 N–H and O–H groups in total. The van der Waals surface area contributed by atoms with Gasteiger partial charge in [0.05, 0.1) is 5.69 Å². The molecule has 0 aliphatic carbocycles. The topological polar surface area (TPSA) is 188 Å². The van der Waals surface area contributed by atoms with Crippen molar-refractivity contribution in [2.75, 3.05) is 23.8 Å². The number of nitrogens with zero attached hydrogens (tertiary/aromatic N) is 4. The summed E-state index contributed by atoms with van der Waals surface area (Å²) in [7, 11) is 2.58. The Balaban J connectivity index is 1.36. The summed E-state index contributed by atoms with van der Waals surface area (Å²) in [6.45, 7) is 0.276. The summed E-state index contributed by atoms with van der Waals surface area (Å²) in [5.41, 5.74) is 5.78. The Morgan fingerprint density at radius 2 is 2.08 bits per heavy atom. The number of allylic oxidation sites excluding steroid dienone is 1. The van der Waals surface area contributed by atoms with E-state index in [0.717, 1.165) is 27.2 Å². The van der Waals surface area contributed by atoms with E-state index in [9.17, 15) is 29.5 Å². The van der Waals surface area contributed by atoms with Gasteiger partial charge in [-0.25, -0.2) is 9.78 Å². The molecule has 3 atom stereocenters. The maximum Gasteiger partial charge on any atom is 0.356 e. The van der Waals surface area contributed by atoms with Crippen LogP contribution in [0.15, 0.2) is 57.9 Å². The van der Waals surface area contributed by atoms with Crippen LogP contribution in [-0.2, 0) is 23.9 Å². The number of rotatable bonds is 6. The van der Waals surface area contributed by atoms with Crippen LogP contribution < -0.4 is 21.3 Å². The predicted molar refractivity (Wildman–Crippen MR) is 139 cm³/mol. The smallest absolute Gasteiger partial charge is 0.356 e. The molecule has 0 bridgehead atoms. The zero-order valence-corrected chi connectivity index (χ0v) is 21.5. The lowest BCUT2D eigenvalue weighted by Gasteiger charge is -2.49. The number of thiazole rings is 1. The highest BCUT2D eigenvalue weighted by Crippen LogP contribution is 2.35. The number of hydrogen-bond donors (Lipinski definition) is 4. The van der Waals surface area contributed by atoms with Gasteiger partial charge in [-0.3, -0.25) is 19.3 Å². The van der Waals surface area contributed by atoms with Gasteiger partial charge in [-0.15, -0.1) is 20.6 Å². The highest BCUT2D eigenvalue weighted by molar-refractivity contribution is 7.28. The van der Waals surface area contributed by atoms with Gasteiger partial charge < -0.3 is 31.0 Å². The minimum Gasteiger partial charge on any atom is -0.489 e. The van der Waals surface area contributed by atoms with Crippen molar-refractivity contribution in [1.82, 2.24) is 15.2 Å². The lowest BCUT2D eigenvalue weighted by atomic mass is 9.92. The van der Waals surface area contributed by atoms with E-state index in [-0.39, 0.29) is 29.1 Å².